The van der Waals surface area contributed by atoms with Gasteiger partial charge in [0.15, 0.2) is 0 Å². The maximum absolute atomic E-state index is 13.2. The van der Waals surface area contributed by atoms with Gasteiger partial charge in [0, 0.05) is 5.69 Å². The first-order valence-corrected chi connectivity index (χ1v) is 6.27. The lowest BCUT2D eigenvalue weighted by atomic mass is 10.0. The number of aryl methyl sites for hydroxylation is 1. The van der Waals surface area contributed by atoms with E-state index in [1.165, 1.54) is 11.6 Å². The Morgan fingerprint density at radius 1 is 1.11 bits per heavy atom. The molecule has 0 aliphatic carbocycles. The summed E-state index contributed by atoms with van der Waals surface area (Å²) in [6, 6.07) is 15.2. The van der Waals surface area contributed by atoms with Crippen LogP contribution >= 0.6 is 0 Å². The highest BCUT2D eigenvalue weighted by Gasteiger charge is 2.09. The number of hydrogen-bond acceptors (Lipinski definition) is 1. The number of hydrogen-bond donors (Lipinski definition) is 1. The summed E-state index contributed by atoms with van der Waals surface area (Å²) in [5.41, 5.74) is 3.29. The quantitative estimate of drug-likeness (QED) is 0.821. The Bertz CT molecular complexity index is 505. The van der Waals surface area contributed by atoms with E-state index < -0.39 is 0 Å². The van der Waals surface area contributed by atoms with Crippen molar-refractivity contribution >= 4 is 5.69 Å². The number of halogens is 1. The van der Waals surface area contributed by atoms with Crippen molar-refractivity contribution in [2.24, 2.45) is 0 Å². The summed E-state index contributed by atoms with van der Waals surface area (Å²) in [5.74, 6) is -0.184. The number of benzene rings is 2. The standard InChI is InChI=1S/C16H18FN/c1-3-16(13-5-4-6-14(17)11-13)18-15-9-7-12(2)8-10-15/h4-11,16,18H,3H2,1-2H3. The molecule has 2 aromatic rings. The van der Waals surface area contributed by atoms with Gasteiger partial charge in [-0.3, -0.25) is 0 Å². The third kappa shape index (κ3) is 3.10. The molecule has 0 radical (unpaired) electrons. The lowest BCUT2D eigenvalue weighted by Crippen LogP contribution is -2.09. The highest BCUT2D eigenvalue weighted by atomic mass is 19.1. The van der Waals surface area contributed by atoms with Crippen LogP contribution in [0, 0.1) is 12.7 Å². The SMILES string of the molecule is CCC(Nc1ccc(C)cc1)c1cccc(F)c1. The minimum absolute atomic E-state index is 0.142. The number of anilines is 1. The van der Waals surface area contributed by atoms with Crippen molar-refractivity contribution in [3.63, 3.8) is 0 Å². The molecule has 18 heavy (non-hydrogen) atoms. The van der Waals surface area contributed by atoms with E-state index in [1.54, 1.807) is 12.1 Å². The fourth-order valence-electron chi connectivity index (χ4n) is 2.00. The highest BCUT2D eigenvalue weighted by molar-refractivity contribution is 5.46. The van der Waals surface area contributed by atoms with Crippen LogP contribution in [-0.4, -0.2) is 0 Å². The van der Waals surface area contributed by atoms with E-state index >= 15 is 0 Å². The molecule has 0 spiro atoms. The molecule has 2 aromatic carbocycles. The largest absolute Gasteiger partial charge is 0.378 e. The van der Waals surface area contributed by atoms with Crippen LogP contribution < -0.4 is 5.32 Å². The molecule has 2 rings (SSSR count). The monoisotopic (exact) mass is 243 g/mol. The lowest BCUT2D eigenvalue weighted by molar-refractivity contribution is 0.621. The maximum atomic E-state index is 13.2. The molecule has 0 aromatic heterocycles. The topological polar surface area (TPSA) is 12.0 Å². The van der Waals surface area contributed by atoms with E-state index in [2.05, 4.69) is 43.4 Å². The van der Waals surface area contributed by atoms with E-state index in [9.17, 15) is 4.39 Å². The molecule has 0 aliphatic heterocycles. The van der Waals surface area contributed by atoms with E-state index in [0.717, 1.165) is 17.7 Å². The average molecular weight is 243 g/mol. The smallest absolute Gasteiger partial charge is 0.123 e. The Labute approximate surface area is 108 Å². The van der Waals surface area contributed by atoms with Gasteiger partial charge in [-0.2, -0.15) is 0 Å². The first kappa shape index (κ1) is 12.6. The number of rotatable bonds is 4. The molecule has 2 heteroatoms. The third-order valence-electron chi connectivity index (χ3n) is 3.05. The maximum Gasteiger partial charge on any atom is 0.123 e. The Kier molecular flexibility index (Phi) is 3.98. The Balaban J connectivity index is 2.17. The summed E-state index contributed by atoms with van der Waals surface area (Å²) in [4.78, 5) is 0. The zero-order valence-electron chi connectivity index (χ0n) is 10.8. The van der Waals surface area contributed by atoms with Gasteiger partial charge in [-0.25, -0.2) is 4.39 Å². The van der Waals surface area contributed by atoms with Crippen molar-refractivity contribution in [1.82, 2.24) is 0 Å². The zero-order valence-corrected chi connectivity index (χ0v) is 10.8. The molecule has 0 heterocycles. The molecular formula is C16H18FN. The van der Waals surface area contributed by atoms with Crippen LogP contribution in [0.5, 0.6) is 0 Å². The van der Waals surface area contributed by atoms with E-state index in [-0.39, 0.29) is 11.9 Å². The minimum atomic E-state index is -0.184. The molecule has 0 aliphatic rings. The van der Waals surface area contributed by atoms with Gasteiger partial charge in [-0.05, 0) is 43.2 Å². The summed E-state index contributed by atoms with van der Waals surface area (Å²) in [5, 5.41) is 3.43. The first-order chi connectivity index (χ1) is 8.69. The van der Waals surface area contributed by atoms with Gasteiger partial charge < -0.3 is 5.32 Å². The van der Waals surface area contributed by atoms with Crippen LogP contribution in [0.2, 0.25) is 0 Å². The van der Waals surface area contributed by atoms with Crippen molar-refractivity contribution < 1.29 is 4.39 Å². The molecule has 0 bridgehead atoms. The molecule has 94 valence electrons. The van der Waals surface area contributed by atoms with Crippen LogP contribution in [0.25, 0.3) is 0 Å². The fraction of sp³-hybridized carbons (Fsp3) is 0.250. The summed E-state index contributed by atoms with van der Waals surface area (Å²) < 4.78 is 13.2. The summed E-state index contributed by atoms with van der Waals surface area (Å²) >= 11 is 0. The van der Waals surface area contributed by atoms with Gasteiger partial charge in [-0.15, -0.1) is 0 Å². The van der Waals surface area contributed by atoms with Gasteiger partial charge in [-0.1, -0.05) is 36.8 Å². The van der Waals surface area contributed by atoms with Crippen LogP contribution in [0.1, 0.15) is 30.5 Å². The van der Waals surface area contributed by atoms with Crippen LogP contribution in [-0.2, 0) is 0 Å². The fourth-order valence-corrected chi connectivity index (χ4v) is 2.00. The van der Waals surface area contributed by atoms with Crippen molar-refractivity contribution in [1.29, 1.82) is 0 Å². The normalized spacial score (nSPS) is 12.2. The predicted octanol–water partition coefficient (Wildman–Crippen LogP) is 4.70. The van der Waals surface area contributed by atoms with Crippen molar-refractivity contribution in [2.45, 2.75) is 26.3 Å². The average Bonchev–Trinajstić information content (AvgIpc) is 2.38. The second kappa shape index (κ2) is 5.67. The second-order valence-corrected chi connectivity index (χ2v) is 4.53. The molecule has 1 atom stereocenters. The molecule has 1 unspecified atom stereocenters. The Morgan fingerprint density at radius 3 is 2.44 bits per heavy atom. The lowest BCUT2D eigenvalue weighted by Gasteiger charge is -2.19. The molecular weight excluding hydrogens is 225 g/mol. The summed E-state index contributed by atoms with van der Waals surface area (Å²) in [6.07, 6.45) is 0.914. The van der Waals surface area contributed by atoms with Gasteiger partial charge >= 0.3 is 0 Å². The second-order valence-electron chi connectivity index (χ2n) is 4.53. The molecule has 0 fully saturated rings. The minimum Gasteiger partial charge on any atom is -0.378 e. The summed E-state index contributed by atoms with van der Waals surface area (Å²) in [7, 11) is 0. The van der Waals surface area contributed by atoms with Gasteiger partial charge in [0.05, 0.1) is 6.04 Å². The highest BCUT2D eigenvalue weighted by Crippen LogP contribution is 2.23. The Morgan fingerprint density at radius 2 is 1.83 bits per heavy atom. The van der Waals surface area contributed by atoms with Crippen LogP contribution in [0.3, 0.4) is 0 Å². The van der Waals surface area contributed by atoms with Gasteiger partial charge in [0.1, 0.15) is 5.82 Å². The van der Waals surface area contributed by atoms with E-state index in [1.807, 2.05) is 6.07 Å². The van der Waals surface area contributed by atoms with Crippen molar-refractivity contribution in [3.05, 3.63) is 65.5 Å². The predicted molar refractivity (Wildman–Crippen MR) is 74.2 cm³/mol. The van der Waals surface area contributed by atoms with E-state index in [4.69, 9.17) is 0 Å². The van der Waals surface area contributed by atoms with Crippen LogP contribution in [0.4, 0.5) is 10.1 Å². The summed E-state index contributed by atoms with van der Waals surface area (Å²) in [6.45, 7) is 4.16. The molecule has 0 saturated heterocycles. The van der Waals surface area contributed by atoms with Gasteiger partial charge in [0.2, 0.25) is 0 Å². The van der Waals surface area contributed by atoms with Gasteiger partial charge in [0.25, 0.3) is 0 Å². The first-order valence-electron chi connectivity index (χ1n) is 6.27. The molecule has 1 N–H and O–H groups in total. The van der Waals surface area contributed by atoms with Crippen molar-refractivity contribution in [2.75, 3.05) is 5.32 Å². The zero-order chi connectivity index (χ0) is 13.0. The van der Waals surface area contributed by atoms with Crippen LogP contribution in [0.15, 0.2) is 48.5 Å². The molecule has 1 nitrogen and oxygen atoms in total. The van der Waals surface area contributed by atoms with E-state index in [0.29, 0.717) is 0 Å². The third-order valence-corrected chi connectivity index (χ3v) is 3.05. The molecule has 0 saturated carbocycles. The Hall–Kier alpha value is -1.83. The molecule has 0 amide bonds. The number of nitrogens with one attached hydrogen (secondary N) is 1. The van der Waals surface area contributed by atoms with Crippen molar-refractivity contribution in [3.8, 4) is 0 Å².